The molecule has 1 heterocycles. The van der Waals surface area contributed by atoms with E-state index >= 15 is 0 Å². The third-order valence-corrected chi connectivity index (χ3v) is 4.43. The van der Waals surface area contributed by atoms with E-state index < -0.39 is 0 Å². The molecule has 4 nitrogen and oxygen atoms in total. The van der Waals surface area contributed by atoms with Crippen molar-refractivity contribution in [3.63, 3.8) is 0 Å². The lowest BCUT2D eigenvalue weighted by Crippen LogP contribution is -2.34. The molecule has 2 aromatic carbocycles. The van der Waals surface area contributed by atoms with Crippen molar-refractivity contribution >= 4 is 0 Å². The van der Waals surface area contributed by atoms with Gasteiger partial charge in [0.25, 0.3) is 0 Å². The number of methoxy groups -OCH3 is 2. The molecule has 0 unspecified atom stereocenters. The Kier molecular flexibility index (Phi) is 5.33. The Balaban J connectivity index is 1.68. The summed E-state index contributed by atoms with van der Waals surface area (Å²) >= 11 is 0. The molecule has 1 saturated heterocycles. The van der Waals surface area contributed by atoms with Crippen LogP contribution in [0.1, 0.15) is 17.0 Å². The molecule has 0 bridgehead atoms. The monoisotopic (exact) mass is 331 g/mol. The minimum Gasteiger partial charge on any atom is -0.497 e. The van der Waals surface area contributed by atoms with Gasteiger partial charge in [-0.1, -0.05) is 18.2 Å². The standard InChI is InChI=1S/C19H22FNO3/c1-22-16-8-5-14(19(9-16)23-2)10-21-18-12-24-11-17(18)13-3-6-15(20)7-4-13/h3-9,17-18,21H,10-12H2,1-2H3/t17-,18+/m0/s1. The highest BCUT2D eigenvalue weighted by Gasteiger charge is 2.29. The number of ether oxygens (including phenoxy) is 3. The van der Waals surface area contributed by atoms with E-state index in [1.165, 1.54) is 12.1 Å². The van der Waals surface area contributed by atoms with E-state index in [-0.39, 0.29) is 17.8 Å². The Hall–Kier alpha value is -2.11. The van der Waals surface area contributed by atoms with Crippen LogP contribution in [-0.4, -0.2) is 33.5 Å². The summed E-state index contributed by atoms with van der Waals surface area (Å²) in [6.45, 7) is 1.95. The predicted octanol–water partition coefficient (Wildman–Crippen LogP) is 3.12. The summed E-state index contributed by atoms with van der Waals surface area (Å²) in [6.07, 6.45) is 0. The van der Waals surface area contributed by atoms with E-state index in [0.717, 1.165) is 22.6 Å². The van der Waals surface area contributed by atoms with Crippen molar-refractivity contribution in [3.05, 3.63) is 59.4 Å². The average molecular weight is 331 g/mol. The number of hydrogen-bond donors (Lipinski definition) is 1. The van der Waals surface area contributed by atoms with Gasteiger partial charge in [0, 0.05) is 30.1 Å². The number of benzene rings is 2. The minimum atomic E-state index is -0.217. The van der Waals surface area contributed by atoms with Gasteiger partial charge in [0.2, 0.25) is 0 Å². The number of halogens is 1. The molecule has 0 aromatic heterocycles. The molecule has 5 heteroatoms. The van der Waals surface area contributed by atoms with Gasteiger partial charge in [0.1, 0.15) is 17.3 Å². The fourth-order valence-corrected chi connectivity index (χ4v) is 3.03. The van der Waals surface area contributed by atoms with Crippen LogP contribution in [0.5, 0.6) is 11.5 Å². The number of nitrogens with one attached hydrogen (secondary N) is 1. The first-order valence-corrected chi connectivity index (χ1v) is 7.98. The van der Waals surface area contributed by atoms with Gasteiger partial charge in [-0.3, -0.25) is 0 Å². The lowest BCUT2D eigenvalue weighted by atomic mass is 9.94. The van der Waals surface area contributed by atoms with Crippen molar-refractivity contribution in [2.24, 2.45) is 0 Å². The quantitative estimate of drug-likeness (QED) is 0.883. The molecular weight excluding hydrogens is 309 g/mol. The molecule has 128 valence electrons. The Morgan fingerprint density at radius 2 is 1.88 bits per heavy atom. The van der Waals surface area contributed by atoms with E-state index in [2.05, 4.69) is 5.32 Å². The molecule has 1 fully saturated rings. The van der Waals surface area contributed by atoms with E-state index in [1.54, 1.807) is 14.2 Å². The molecule has 0 aliphatic carbocycles. The summed E-state index contributed by atoms with van der Waals surface area (Å²) < 4.78 is 29.4. The van der Waals surface area contributed by atoms with Gasteiger partial charge in [0.15, 0.2) is 0 Å². The first-order chi connectivity index (χ1) is 11.7. The lowest BCUT2D eigenvalue weighted by molar-refractivity contribution is 0.187. The Morgan fingerprint density at radius 1 is 1.08 bits per heavy atom. The topological polar surface area (TPSA) is 39.7 Å². The molecule has 1 aliphatic rings. The first kappa shape index (κ1) is 16.7. The van der Waals surface area contributed by atoms with Crippen LogP contribution in [0.3, 0.4) is 0 Å². The normalized spacial score (nSPS) is 20.1. The average Bonchev–Trinajstić information content (AvgIpc) is 3.09. The first-order valence-electron chi connectivity index (χ1n) is 7.98. The van der Waals surface area contributed by atoms with Gasteiger partial charge >= 0.3 is 0 Å². The van der Waals surface area contributed by atoms with Gasteiger partial charge in [-0.15, -0.1) is 0 Å². The van der Waals surface area contributed by atoms with Crippen molar-refractivity contribution < 1.29 is 18.6 Å². The van der Waals surface area contributed by atoms with Crippen LogP contribution in [0.25, 0.3) is 0 Å². The maximum absolute atomic E-state index is 13.1. The van der Waals surface area contributed by atoms with Gasteiger partial charge < -0.3 is 19.5 Å². The van der Waals surface area contributed by atoms with Crippen molar-refractivity contribution in [1.82, 2.24) is 5.32 Å². The summed E-state index contributed by atoms with van der Waals surface area (Å²) in [6, 6.07) is 12.6. The summed E-state index contributed by atoms with van der Waals surface area (Å²) in [5.41, 5.74) is 2.15. The second-order valence-electron chi connectivity index (χ2n) is 5.86. The van der Waals surface area contributed by atoms with Crippen molar-refractivity contribution in [3.8, 4) is 11.5 Å². The largest absolute Gasteiger partial charge is 0.497 e. The molecule has 0 saturated carbocycles. The lowest BCUT2D eigenvalue weighted by Gasteiger charge is -2.20. The van der Waals surface area contributed by atoms with Gasteiger partial charge in [-0.05, 0) is 23.8 Å². The van der Waals surface area contributed by atoms with Gasteiger partial charge in [0.05, 0.1) is 27.4 Å². The Labute approximate surface area is 141 Å². The Bertz CT molecular complexity index is 675. The van der Waals surface area contributed by atoms with Gasteiger partial charge in [-0.25, -0.2) is 4.39 Å². The predicted molar refractivity (Wildman–Crippen MR) is 90.1 cm³/mol. The second kappa shape index (κ2) is 7.64. The van der Waals surface area contributed by atoms with Crippen molar-refractivity contribution in [2.45, 2.75) is 18.5 Å². The van der Waals surface area contributed by atoms with Crippen molar-refractivity contribution in [2.75, 3.05) is 27.4 Å². The SMILES string of the molecule is COc1ccc(CN[C@@H]2COC[C@H]2c2ccc(F)cc2)c(OC)c1. The second-order valence-corrected chi connectivity index (χ2v) is 5.86. The number of rotatable bonds is 6. The fraction of sp³-hybridized carbons (Fsp3) is 0.368. The third-order valence-electron chi connectivity index (χ3n) is 4.43. The summed E-state index contributed by atoms with van der Waals surface area (Å²) in [7, 11) is 3.29. The molecule has 2 aromatic rings. The molecule has 0 amide bonds. The molecule has 2 atom stereocenters. The Morgan fingerprint density at radius 3 is 2.58 bits per heavy atom. The van der Waals surface area contributed by atoms with Gasteiger partial charge in [-0.2, -0.15) is 0 Å². The molecule has 0 radical (unpaired) electrons. The van der Waals surface area contributed by atoms with Crippen LogP contribution in [0.15, 0.2) is 42.5 Å². The minimum absolute atomic E-state index is 0.183. The zero-order valence-electron chi connectivity index (χ0n) is 13.9. The molecule has 3 rings (SSSR count). The van der Waals surface area contributed by atoms with Crippen LogP contribution < -0.4 is 14.8 Å². The molecule has 1 aliphatic heterocycles. The van der Waals surface area contributed by atoms with Crippen molar-refractivity contribution in [1.29, 1.82) is 0 Å². The van der Waals surface area contributed by atoms with E-state index in [9.17, 15) is 4.39 Å². The fourth-order valence-electron chi connectivity index (χ4n) is 3.03. The highest BCUT2D eigenvalue weighted by molar-refractivity contribution is 5.40. The molecule has 0 spiro atoms. The van der Waals surface area contributed by atoms with E-state index in [0.29, 0.717) is 19.8 Å². The van der Waals surface area contributed by atoms with E-state index in [1.807, 2.05) is 30.3 Å². The zero-order chi connectivity index (χ0) is 16.9. The summed E-state index contributed by atoms with van der Waals surface area (Å²) in [5, 5.41) is 3.53. The van der Waals surface area contributed by atoms with Crippen LogP contribution in [-0.2, 0) is 11.3 Å². The zero-order valence-corrected chi connectivity index (χ0v) is 13.9. The number of hydrogen-bond acceptors (Lipinski definition) is 4. The highest BCUT2D eigenvalue weighted by atomic mass is 19.1. The van der Waals surface area contributed by atoms with Crippen LogP contribution in [0.2, 0.25) is 0 Å². The molecule has 1 N–H and O–H groups in total. The maximum atomic E-state index is 13.1. The van der Waals surface area contributed by atoms with Crippen LogP contribution >= 0.6 is 0 Å². The van der Waals surface area contributed by atoms with E-state index in [4.69, 9.17) is 14.2 Å². The highest BCUT2D eigenvalue weighted by Crippen LogP contribution is 2.28. The smallest absolute Gasteiger partial charge is 0.127 e. The van der Waals surface area contributed by atoms with Crippen LogP contribution in [0, 0.1) is 5.82 Å². The summed E-state index contributed by atoms with van der Waals surface area (Å²) in [4.78, 5) is 0. The maximum Gasteiger partial charge on any atom is 0.127 e. The summed E-state index contributed by atoms with van der Waals surface area (Å²) in [5.74, 6) is 1.56. The van der Waals surface area contributed by atoms with Crippen LogP contribution in [0.4, 0.5) is 4.39 Å². The molecule has 24 heavy (non-hydrogen) atoms. The molecular formula is C19H22FNO3. The third kappa shape index (κ3) is 3.68.